The third kappa shape index (κ3) is 7.05. The lowest BCUT2D eigenvalue weighted by atomic mass is 9.90. The molecule has 2 N–H and O–H groups in total. The number of unbranched alkanes of at least 4 members (excludes halogenated alkanes) is 1. The van der Waals surface area contributed by atoms with Crippen LogP contribution in [-0.4, -0.2) is 69.6 Å². The number of hydrogen-bond donors (Lipinski definition) is 2. The van der Waals surface area contributed by atoms with Crippen LogP contribution in [0.15, 0.2) is 54.1 Å². The fourth-order valence-corrected chi connectivity index (χ4v) is 5.65. The summed E-state index contributed by atoms with van der Waals surface area (Å²) in [4.78, 5) is 27.3. The van der Waals surface area contributed by atoms with Gasteiger partial charge in [-0.25, -0.2) is 9.97 Å². The van der Waals surface area contributed by atoms with Gasteiger partial charge >= 0.3 is 6.18 Å². The van der Waals surface area contributed by atoms with Gasteiger partial charge in [0.25, 0.3) is 0 Å². The smallest absolute Gasteiger partial charge is 0.368 e. The van der Waals surface area contributed by atoms with Crippen LogP contribution in [0.5, 0.6) is 0 Å². The number of anilines is 1. The van der Waals surface area contributed by atoms with E-state index >= 15 is 0 Å². The second-order valence-electron chi connectivity index (χ2n) is 10.8. The molecule has 2 unspecified atom stereocenters. The van der Waals surface area contributed by atoms with Crippen LogP contribution in [0.4, 0.5) is 18.9 Å². The number of fused-ring (bicyclic) bond motifs is 1. The molecule has 0 radical (unpaired) electrons. The average molecular weight is 569 g/mol. The third-order valence-corrected chi connectivity index (χ3v) is 7.91. The van der Waals surface area contributed by atoms with Crippen molar-refractivity contribution in [1.29, 1.82) is 0 Å². The highest BCUT2D eigenvalue weighted by Crippen LogP contribution is 2.34. The molecule has 0 spiro atoms. The first-order chi connectivity index (χ1) is 19.7. The zero-order chi connectivity index (χ0) is 29.0. The van der Waals surface area contributed by atoms with E-state index < -0.39 is 18.0 Å². The summed E-state index contributed by atoms with van der Waals surface area (Å²) >= 11 is 0. The number of aliphatic hydroxyl groups excluding tert-OH is 1. The summed E-state index contributed by atoms with van der Waals surface area (Å²) in [6.07, 6.45) is 4.39. The van der Waals surface area contributed by atoms with Crippen LogP contribution in [0.2, 0.25) is 0 Å². The number of aliphatic hydroxyl groups is 2. The molecule has 0 bridgehead atoms. The molecule has 41 heavy (non-hydrogen) atoms. The summed E-state index contributed by atoms with van der Waals surface area (Å²) in [6.45, 7) is 2.80. The topological polar surface area (TPSA) is 89.8 Å². The second kappa shape index (κ2) is 12.6. The minimum atomic E-state index is -4.39. The van der Waals surface area contributed by atoms with Gasteiger partial charge in [0, 0.05) is 37.8 Å². The van der Waals surface area contributed by atoms with Gasteiger partial charge in [0.2, 0.25) is 5.91 Å². The van der Waals surface area contributed by atoms with E-state index in [1.54, 1.807) is 0 Å². The minimum Gasteiger partial charge on any atom is -0.368 e. The van der Waals surface area contributed by atoms with Crippen molar-refractivity contribution in [1.82, 2.24) is 14.9 Å². The molecular formula is C31H35F3N4O3. The predicted molar refractivity (Wildman–Crippen MR) is 150 cm³/mol. The van der Waals surface area contributed by atoms with Gasteiger partial charge in [-0.1, -0.05) is 42.5 Å². The Morgan fingerprint density at radius 1 is 0.976 bits per heavy atom. The molecule has 2 atom stereocenters. The Hall–Kier alpha value is -3.50. The van der Waals surface area contributed by atoms with Gasteiger partial charge in [0.05, 0.1) is 33.6 Å². The molecule has 2 aromatic rings. The number of aryl methyl sites for hydroxylation is 1. The lowest BCUT2D eigenvalue weighted by molar-refractivity contribution is -0.133. The number of carbonyl (C=O) groups is 1. The Morgan fingerprint density at radius 3 is 2.39 bits per heavy atom. The minimum absolute atomic E-state index is 0.0593. The van der Waals surface area contributed by atoms with Crippen molar-refractivity contribution in [2.75, 3.05) is 31.1 Å². The summed E-state index contributed by atoms with van der Waals surface area (Å²) in [6, 6.07) is 10.1. The molecule has 2 heterocycles. The SMILES string of the molecule is O=C(C1C=c2nc(CCCCC(O)O)c(C3C=CC(C(F)(F)F)=CC3)nc2=CC1)N1CCN(c2ccccc2)CC1. The Bertz CT molecular complexity index is 1410. The number of benzene rings is 1. The van der Waals surface area contributed by atoms with Gasteiger partial charge in [-0.3, -0.25) is 4.79 Å². The summed E-state index contributed by atoms with van der Waals surface area (Å²) < 4.78 is 39.4. The zero-order valence-electron chi connectivity index (χ0n) is 22.8. The molecule has 1 fully saturated rings. The number of halogens is 3. The summed E-state index contributed by atoms with van der Waals surface area (Å²) in [7, 11) is 0. The molecule has 10 heteroatoms. The molecule has 1 aliphatic heterocycles. The van der Waals surface area contributed by atoms with Crippen LogP contribution in [0, 0.1) is 5.92 Å². The number of aromatic nitrogens is 2. The quantitative estimate of drug-likeness (QED) is 0.376. The fourth-order valence-electron chi connectivity index (χ4n) is 5.65. The number of piperazine rings is 1. The summed E-state index contributed by atoms with van der Waals surface area (Å²) in [5.74, 6) is -0.634. The van der Waals surface area contributed by atoms with Crippen molar-refractivity contribution in [3.8, 4) is 0 Å². The Balaban J connectivity index is 1.33. The van der Waals surface area contributed by atoms with Crippen LogP contribution in [0.25, 0.3) is 12.2 Å². The van der Waals surface area contributed by atoms with Crippen LogP contribution in [0.3, 0.4) is 0 Å². The van der Waals surface area contributed by atoms with Gasteiger partial charge in [0.1, 0.15) is 0 Å². The second-order valence-corrected chi connectivity index (χ2v) is 10.8. The van der Waals surface area contributed by atoms with Crippen LogP contribution < -0.4 is 15.6 Å². The molecule has 0 saturated carbocycles. The number of allylic oxidation sites excluding steroid dienone is 4. The number of carbonyl (C=O) groups excluding carboxylic acids is 1. The van der Waals surface area contributed by atoms with E-state index in [-0.39, 0.29) is 30.6 Å². The number of amides is 1. The number of rotatable bonds is 8. The Kier molecular flexibility index (Phi) is 8.89. The number of alkyl halides is 3. The van der Waals surface area contributed by atoms with E-state index in [9.17, 15) is 28.2 Å². The maximum atomic E-state index is 13.4. The van der Waals surface area contributed by atoms with E-state index in [1.807, 2.05) is 35.3 Å². The lowest BCUT2D eigenvalue weighted by Gasteiger charge is -2.37. The molecule has 3 aliphatic rings. The summed E-state index contributed by atoms with van der Waals surface area (Å²) in [5, 5.41) is 19.6. The molecule has 2 aliphatic carbocycles. The number of hydrogen-bond acceptors (Lipinski definition) is 6. The van der Waals surface area contributed by atoms with E-state index in [0.717, 1.165) is 24.9 Å². The lowest BCUT2D eigenvalue weighted by Crippen LogP contribution is -2.51. The van der Waals surface area contributed by atoms with Crippen molar-refractivity contribution >= 4 is 23.7 Å². The zero-order valence-corrected chi connectivity index (χ0v) is 22.8. The standard InChI is InChI=1S/C31H35F3N4O3/c32-31(33,34)23-13-10-21(11-14-23)29-26(8-4-5-9-28(39)40)35-27-20-22(12-15-25(27)36-29)30(41)38-18-16-37(17-19-38)24-6-2-1-3-7-24/h1-3,6-7,10,13-15,20-22,28,39-40H,4-5,8-9,11-12,16-19H2. The Morgan fingerprint density at radius 2 is 1.73 bits per heavy atom. The normalized spacial score (nSPS) is 20.8. The first-order valence-corrected chi connectivity index (χ1v) is 14.2. The Labute approximate surface area is 237 Å². The van der Waals surface area contributed by atoms with Crippen LogP contribution in [0.1, 0.15) is 49.4 Å². The number of nitrogens with zero attached hydrogens (tertiary/aromatic N) is 4. The van der Waals surface area contributed by atoms with Crippen molar-refractivity contribution in [2.24, 2.45) is 5.92 Å². The largest absolute Gasteiger partial charge is 0.416 e. The maximum Gasteiger partial charge on any atom is 0.416 e. The molecule has 1 saturated heterocycles. The van der Waals surface area contributed by atoms with Crippen molar-refractivity contribution < 1.29 is 28.2 Å². The highest BCUT2D eigenvalue weighted by molar-refractivity contribution is 5.85. The van der Waals surface area contributed by atoms with Crippen molar-refractivity contribution in [2.45, 2.75) is 56.9 Å². The van der Waals surface area contributed by atoms with Gasteiger partial charge in [0.15, 0.2) is 6.29 Å². The third-order valence-electron chi connectivity index (χ3n) is 7.91. The molecule has 5 rings (SSSR count). The first-order valence-electron chi connectivity index (χ1n) is 14.2. The maximum absolute atomic E-state index is 13.4. The highest BCUT2D eigenvalue weighted by atomic mass is 19.4. The van der Waals surface area contributed by atoms with E-state index in [2.05, 4.69) is 17.0 Å². The molecule has 1 aromatic carbocycles. The van der Waals surface area contributed by atoms with E-state index in [1.165, 1.54) is 12.2 Å². The fraction of sp³-hybridized carbons (Fsp3) is 0.452. The molecule has 1 amide bonds. The monoisotopic (exact) mass is 568 g/mol. The molecule has 1 aromatic heterocycles. The van der Waals surface area contributed by atoms with Gasteiger partial charge < -0.3 is 20.0 Å². The predicted octanol–water partition coefficient (Wildman–Crippen LogP) is 2.96. The van der Waals surface area contributed by atoms with Gasteiger partial charge in [-0.05, 0) is 56.7 Å². The molecular weight excluding hydrogens is 533 g/mol. The first kappa shape index (κ1) is 29.0. The van der Waals surface area contributed by atoms with Gasteiger partial charge in [-0.2, -0.15) is 13.2 Å². The molecule has 7 nitrogen and oxygen atoms in total. The van der Waals surface area contributed by atoms with Crippen molar-refractivity contribution in [3.63, 3.8) is 0 Å². The molecule has 218 valence electrons. The van der Waals surface area contributed by atoms with Crippen LogP contribution in [-0.2, 0) is 11.2 Å². The number of para-hydroxylation sites is 1. The van der Waals surface area contributed by atoms with Crippen molar-refractivity contribution in [3.05, 3.63) is 76.2 Å². The van der Waals surface area contributed by atoms with Crippen LogP contribution >= 0.6 is 0 Å². The van der Waals surface area contributed by atoms with E-state index in [4.69, 9.17) is 9.97 Å². The average Bonchev–Trinajstić information content (AvgIpc) is 2.98. The van der Waals surface area contributed by atoms with E-state index in [0.29, 0.717) is 60.9 Å². The highest BCUT2D eigenvalue weighted by Gasteiger charge is 2.34. The summed E-state index contributed by atoms with van der Waals surface area (Å²) in [5.41, 5.74) is 1.79. The van der Waals surface area contributed by atoms with Gasteiger partial charge in [-0.15, -0.1) is 0 Å².